The van der Waals surface area contributed by atoms with Crippen LogP contribution in [0.25, 0.3) is 0 Å². The first kappa shape index (κ1) is 29.4. The molecule has 0 unspecified atom stereocenters. The van der Waals surface area contributed by atoms with Crippen molar-refractivity contribution in [1.82, 2.24) is 0 Å². The average molecular weight is 427 g/mol. The van der Waals surface area contributed by atoms with Gasteiger partial charge in [0, 0.05) is 6.61 Å². The van der Waals surface area contributed by atoms with Crippen LogP contribution in [0.4, 0.5) is 0 Å². The van der Waals surface area contributed by atoms with Gasteiger partial charge in [-0.1, -0.05) is 106 Å². The van der Waals surface area contributed by atoms with Gasteiger partial charge in [-0.25, -0.2) is 0 Å². The molecule has 0 amide bonds. The summed E-state index contributed by atoms with van der Waals surface area (Å²) in [7, 11) is 0. The van der Waals surface area contributed by atoms with Crippen LogP contribution >= 0.6 is 0 Å². The Labute approximate surface area is 194 Å². The average Bonchev–Trinajstić information content (AvgIpc) is 2.78. The van der Waals surface area contributed by atoms with E-state index >= 15 is 0 Å². The molecule has 0 bridgehead atoms. The molecule has 0 spiro atoms. The van der Waals surface area contributed by atoms with Crippen LogP contribution in [0, 0.1) is 0 Å². The minimum absolute atomic E-state index is 0.344. The fraction of sp³-hybridized carbons (Fsp3) is 0.600. The van der Waals surface area contributed by atoms with Crippen LogP contribution in [0.3, 0.4) is 0 Å². The summed E-state index contributed by atoms with van der Waals surface area (Å²) in [5.41, 5.74) is 0. The van der Waals surface area contributed by atoms with E-state index < -0.39 is 0 Å². The molecular formula is C30H50O. The van der Waals surface area contributed by atoms with E-state index in [0.29, 0.717) is 6.61 Å². The van der Waals surface area contributed by atoms with Crippen LogP contribution in [0.1, 0.15) is 110 Å². The zero-order valence-electron chi connectivity index (χ0n) is 20.4. The molecule has 0 radical (unpaired) electrons. The Morgan fingerprint density at radius 1 is 0.387 bits per heavy atom. The summed E-state index contributed by atoms with van der Waals surface area (Å²) < 4.78 is 0. The molecule has 0 aromatic heterocycles. The Hall–Kier alpha value is -1.60. The minimum Gasteiger partial charge on any atom is -0.396 e. The molecule has 1 nitrogen and oxygen atoms in total. The van der Waals surface area contributed by atoms with E-state index in [9.17, 15) is 0 Å². The standard InChI is InChI=1S/C30H50O/c1-2-3-4-5-6-7-8-9-10-11-12-13-14-15-16-17-18-19-20-21-22-23-24-25-26-27-28-29-30-31/h3-4,6-7,9-10,12-13,15-16,23-24,31H,2,5,8,11,14,17-22,25-30H2,1H3/b4-3-,7-6-,10-9-,13-12-,16-15-,24-23-. The number of rotatable bonds is 22. The number of unbranched alkanes of at least 4 members (excludes halogenated alkanes) is 9. The van der Waals surface area contributed by atoms with Crippen molar-refractivity contribution >= 4 is 0 Å². The molecule has 0 aliphatic heterocycles. The molecule has 0 fully saturated rings. The van der Waals surface area contributed by atoms with E-state index in [2.05, 4.69) is 79.8 Å². The maximum absolute atomic E-state index is 8.73. The van der Waals surface area contributed by atoms with Crippen LogP contribution in [0.2, 0.25) is 0 Å². The highest BCUT2D eigenvalue weighted by molar-refractivity contribution is 5.00. The van der Waals surface area contributed by atoms with Crippen molar-refractivity contribution in [2.45, 2.75) is 110 Å². The molecule has 0 aromatic carbocycles. The van der Waals surface area contributed by atoms with E-state index in [1.54, 1.807) is 0 Å². The van der Waals surface area contributed by atoms with Crippen LogP contribution in [0.15, 0.2) is 72.9 Å². The highest BCUT2D eigenvalue weighted by Gasteiger charge is 1.89. The Balaban J connectivity index is 3.35. The first-order chi connectivity index (χ1) is 15.4. The van der Waals surface area contributed by atoms with Gasteiger partial charge < -0.3 is 5.11 Å². The lowest BCUT2D eigenvalue weighted by Crippen LogP contribution is -1.82. The summed E-state index contributed by atoms with van der Waals surface area (Å²) in [6, 6.07) is 0. The summed E-state index contributed by atoms with van der Waals surface area (Å²) in [6.45, 7) is 2.51. The summed E-state index contributed by atoms with van der Waals surface area (Å²) in [4.78, 5) is 0. The van der Waals surface area contributed by atoms with E-state index in [1.165, 1.54) is 64.2 Å². The molecule has 0 atom stereocenters. The monoisotopic (exact) mass is 426 g/mol. The maximum Gasteiger partial charge on any atom is 0.0431 e. The molecule has 0 heterocycles. The van der Waals surface area contributed by atoms with Gasteiger partial charge in [-0.05, 0) is 77.0 Å². The highest BCUT2D eigenvalue weighted by Crippen LogP contribution is 2.08. The van der Waals surface area contributed by atoms with Crippen molar-refractivity contribution in [3.8, 4) is 0 Å². The number of aliphatic hydroxyl groups is 1. The fourth-order valence-corrected chi connectivity index (χ4v) is 3.21. The van der Waals surface area contributed by atoms with Gasteiger partial charge >= 0.3 is 0 Å². The van der Waals surface area contributed by atoms with Crippen LogP contribution < -0.4 is 0 Å². The molecule has 31 heavy (non-hydrogen) atoms. The molecule has 0 saturated carbocycles. The lowest BCUT2D eigenvalue weighted by atomic mass is 10.1. The first-order valence-corrected chi connectivity index (χ1v) is 12.9. The topological polar surface area (TPSA) is 20.2 Å². The minimum atomic E-state index is 0.344. The van der Waals surface area contributed by atoms with Crippen molar-refractivity contribution < 1.29 is 5.11 Å². The van der Waals surface area contributed by atoms with Crippen LogP contribution in [-0.2, 0) is 0 Å². The second kappa shape index (κ2) is 28.4. The van der Waals surface area contributed by atoms with Crippen molar-refractivity contribution in [1.29, 1.82) is 0 Å². The lowest BCUT2D eigenvalue weighted by molar-refractivity contribution is 0.282. The van der Waals surface area contributed by atoms with Crippen molar-refractivity contribution in [2.75, 3.05) is 6.61 Å². The quantitative estimate of drug-likeness (QED) is 0.135. The maximum atomic E-state index is 8.73. The Bertz CT molecular complexity index is 505. The summed E-state index contributed by atoms with van der Waals surface area (Å²) in [5, 5.41) is 8.73. The fourth-order valence-electron chi connectivity index (χ4n) is 3.21. The van der Waals surface area contributed by atoms with Gasteiger partial charge in [0.1, 0.15) is 0 Å². The zero-order chi connectivity index (χ0) is 22.5. The molecule has 0 aromatic rings. The van der Waals surface area contributed by atoms with Gasteiger partial charge in [-0.2, -0.15) is 0 Å². The zero-order valence-corrected chi connectivity index (χ0v) is 20.4. The van der Waals surface area contributed by atoms with E-state index in [4.69, 9.17) is 5.11 Å². The normalized spacial score (nSPS) is 13.0. The van der Waals surface area contributed by atoms with Gasteiger partial charge in [0.15, 0.2) is 0 Å². The molecule has 0 saturated heterocycles. The second-order valence-electron chi connectivity index (χ2n) is 8.10. The molecule has 1 heteroatoms. The Morgan fingerprint density at radius 3 is 1.10 bits per heavy atom. The Morgan fingerprint density at radius 2 is 0.710 bits per heavy atom. The number of aliphatic hydroxyl groups excluding tert-OH is 1. The lowest BCUT2D eigenvalue weighted by Gasteiger charge is -1.98. The summed E-state index contributed by atoms with van der Waals surface area (Å²) >= 11 is 0. The van der Waals surface area contributed by atoms with E-state index in [0.717, 1.165) is 38.5 Å². The molecule has 0 rings (SSSR count). The molecule has 1 N–H and O–H groups in total. The van der Waals surface area contributed by atoms with Crippen molar-refractivity contribution in [3.63, 3.8) is 0 Å². The summed E-state index contributed by atoms with van der Waals surface area (Å²) in [6.07, 6.45) is 46.3. The van der Waals surface area contributed by atoms with Gasteiger partial charge in [0.2, 0.25) is 0 Å². The van der Waals surface area contributed by atoms with Gasteiger partial charge in [0.25, 0.3) is 0 Å². The van der Waals surface area contributed by atoms with Crippen LogP contribution in [-0.4, -0.2) is 11.7 Å². The van der Waals surface area contributed by atoms with Crippen molar-refractivity contribution in [2.24, 2.45) is 0 Å². The highest BCUT2D eigenvalue weighted by atomic mass is 16.2. The molecule has 0 aliphatic rings. The third kappa shape index (κ3) is 28.4. The summed E-state index contributed by atoms with van der Waals surface area (Å²) in [5.74, 6) is 0. The molecule has 0 aliphatic carbocycles. The van der Waals surface area contributed by atoms with E-state index in [-0.39, 0.29) is 0 Å². The number of hydrogen-bond donors (Lipinski definition) is 1. The van der Waals surface area contributed by atoms with Gasteiger partial charge in [0.05, 0.1) is 0 Å². The third-order valence-electron chi connectivity index (χ3n) is 5.09. The van der Waals surface area contributed by atoms with Gasteiger partial charge in [-0.15, -0.1) is 0 Å². The largest absolute Gasteiger partial charge is 0.396 e. The number of allylic oxidation sites excluding steroid dienone is 12. The third-order valence-corrected chi connectivity index (χ3v) is 5.09. The smallest absolute Gasteiger partial charge is 0.0431 e. The predicted octanol–water partition coefficient (Wildman–Crippen LogP) is 9.58. The Kier molecular flexibility index (Phi) is 26.9. The number of hydrogen-bond acceptors (Lipinski definition) is 1. The SMILES string of the molecule is CC/C=C\C/C=C\C/C=C\C/C=C\C/C=C\CCCCCC/C=C\CCCCCCO. The van der Waals surface area contributed by atoms with Crippen LogP contribution in [0.5, 0.6) is 0 Å². The molecular weight excluding hydrogens is 376 g/mol. The van der Waals surface area contributed by atoms with Crippen molar-refractivity contribution in [3.05, 3.63) is 72.9 Å². The second-order valence-corrected chi connectivity index (χ2v) is 8.10. The first-order valence-electron chi connectivity index (χ1n) is 12.9. The van der Waals surface area contributed by atoms with E-state index in [1.807, 2.05) is 0 Å². The molecule has 176 valence electrons. The predicted molar refractivity (Wildman–Crippen MR) is 141 cm³/mol. The van der Waals surface area contributed by atoms with Gasteiger partial charge in [-0.3, -0.25) is 0 Å².